The Hall–Kier alpha value is -1.66. The molecule has 0 radical (unpaired) electrons. The van der Waals surface area contributed by atoms with Gasteiger partial charge >= 0.3 is 5.97 Å². The number of carboxylic acid groups (broad SMARTS) is 1. The Bertz CT molecular complexity index is 630. The van der Waals surface area contributed by atoms with Crippen LogP contribution < -0.4 is 4.74 Å². The third-order valence-corrected chi connectivity index (χ3v) is 3.56. The van der Waals surface area contributed by atoms with E-state index in [1.165, 1.54) is 11.3 Å². The molecule has 0 bridgehead atoms. The van der Waals surface area contributed by atoms with Crippen molar-refractivity contribution in [3.8, 4) is 16.2 Å². The second-order valence-electron chi connectivity index (χ2n) is 3.45. The molecule has 0 spiro atoms. The summed E-state index contributed by atoms with van der Waals surface area (Å²) in [5.41, 5.74) is 0.853. The highest BCUT2D eigenvalue weighted by atomic mass is 32.1. The van der Waals surface area contributed by atoms with E-state index >= 15 is 0 Å². The molecule has 0 saturated carbocycles. The van der Waals surface area contributed by atoms with Crippen LogP contribution in [0.3, 0.4) is 0 Å². The number of carboxylic acids is 1. The fraction of sp³-hybridized carbons (Fsp3) is 0.167. The summed E-state index contributed by atoms with van der Waals surface area (Å²) in [5, 5.41) is 9.15. The van der Waals surface area contributed by atoms with Crippen LogP contribution in [0, 0.1) is 3.95 Å². The standard InChI is InChI=1S/C12H11NO3S2/c1-2-16-8-6-4-3-5-7(8)10-9(11(14)15)13-12(17)18-10/h3-6H,2H2,1H3,(H,13,17)(H,14,15). The van der Waals surface area contributed by atoms with E-state index in [2.05, 4.69) is 4.98 Å². The second kappa shape index (κ2) is 5.32. The van der Waals surface area contributed by atoms with E-state index in [0.29, 0.717) is 21.2 Å². The number of thiazole rings is 1. The highest BCUT2D eigenvalue weighted by molar-refractivity contribution is 7.73. The molecule has 6 heteroatoms. The Balaban J connectivity index is 2.61. The summed E-state index contributed by atoms with van der Waals surface area (Å²) in [7, 11) is 0. The number of ether oxygens (including phenoxy) is 1. The zero-order valence-corrected chi connectivity index (χ0v) is 11.2. The topological polar surface area (TPSA) is 62.3 Å². The number of hydrogen-bond acceptors (Lipinski definition) is 4. The molecule has 0 unspecified atom stereocenters. The van der Waals surface area contributed by atoms with Gasteiger partial charge < -0.3 is 14.8 Å². The number of hydrogen-bond donors (Lipinski definition) is 2. The molecule has 0 aliphatic carbocycles. The molecule has 1 aromatic heterocycles. The third kappa shape index (κ3) is 2.44. The first-order valence-electron chi connectivity index (χ1n) is 5.32. The Morgan fingerprint density at radius 2 is 2.22 bits per heavy atom. The van der Waals surface area contributed by atoms with Crippen LogP contribution in [0.5, 0.6) is 5.75 Å². The monoisotopic (exact) mass is 281 g/mol. The molecule has 18 heavy (non-hydrogen) atoms. The van der Waals surface area contributed by atoms with Crippen molar-refractivity contribution in [2.75, 3.05) is 6.61 Å². The molecular formula is C12H11NO3S2. The van der Waals surface area contributed by atoms with Gasteiger partial charge in [-0.2, -0.15) is 0 Å². The molecule has 0 aliphatic heterocycles. The van der Waals surface area contributed by atoms with Crippen LogP contribution in [0.2, 0.25) is 0 Å². The third-order valence-electron chi connectivity index (χ3n) is 2.29. The van der Waals surface area contributed by atoms with Crippen molar-refractivity contribution in [1.82, 2.24) is 4.98 Å². The van der Waals surface area contributed by atoms with Gasteiger partial charge in [0, 0.05) is 5.56 Å². The van der Waals surface area contributed by atoms with Crippen LogP contribution in [0.1, 0.15) is 17.4 Å². The number of para-hydroxylation sites is 1. The Kier molecular flexibility index (Phi) is 3.78. The van der Waals surface area contributed by atoms with E-state index in [1.807, 2.05) is 31.2 Å². The van der Waals surface area contributed by atoms with Crippen molar-refractivity contribution in [3.05, 3.63) is 33.9 Å². The minimum absolute atomic E-state index is 0.108. The molecule has 0 amide bonds. The van der Waals surface area contributed by atoms with Crippen molar-refractivity contribution in [2.45, 2.75) is 6.92 Å². The van der Waals surface area contributed by atoms with Crippen LogP contribution in [-0.4, -0.2) is 22.7 Å². The summed E-state index contributed by atoms with van der Waals surface area (Å²) >= 11 is 6.24. The predicted octanol–water partition coefficient (Wildman–Crippen LogP) is 3.57. The maximum Gasteiger partial charge on any atom is 0.353 e. The van der Waals surface area contributed by atoms with Crippen LogP contribution in [-0.2, 0) is 0 Å². The minimum Gasteiger partial charge on any atom is -0.493 e. The van der Waals surface area contributed by atoms with Crippen LogP contribution >= 0.6 is 23.6 Å². The van der Waals surface area contributed by atoms with Gasteiger partial charge in [-0.05, 0) is 31.3 Å². The number of benzene rings is 1. The van der Waals surface area contributed by atoms with Gasteiger partial charge in [-0.15, -0.1) is 11.3 Å². The van der Waals surface area contributed by atoms with E-state index in [0.717, 1.165) is 5.56 Å². The van der Waals surface area contributed by atoms with Gasteiger partial charge in [-0.1, -0.05) is 12.1 Å². The van der Waals surface area contributed by atoms with E-state index < -0.39 is 5.97 Å². The number of aromatic carboxylic acids is 1. The summed E-state index contributed by atoms with van der Waals surface area (Å²) in [6.07, 6.45) is 0. The zero-order valence-electron chi connectivity index (χ0n) is 9.60. The van der Waals surface area contributed by atoms with E-state index in [-0.39, 0.29) is 5.69 Å². The summed E-state index contributed by atoms with van der Waals surface area (Å²) in [4.78, 5) is 14.5. The summed E-state index contributed by atoms with van der Waals surface area (Å²) < 4.78 is 5.94. The van der Waals surface area contributed by atoms with Crippen molar-refractivity contribution < 1.29 is 14.6 Å². The lowest BCUT2D eigenvalue weighted by molar-refractivity contribution is 0.0692. The largest absolute Gasteiger partial charge is 0.493 e. The number of rotatable bonds is 4. The number of nitrogens with one attached hydrogen (secondary N) is 1. The van der Waals surface area contributed by atoms with Gasteiger partial charge in [-0.25, -0.2) is 4.79 Å². The zero-order chi connectivity index (χ0) is 13.1. The first-order chi connectivity index (χ1) is 8.63. The molecule has 0 atom stereocenters. The smallest absolute Gasteiger partial charge is 0.353 e. The molecule has 1 aromatic carbocycles. The molecule has 2 N–H and O–H groups in total. The van der Waals surface area contributed by atoms with Gasteiger partial charge in [0.05, 0.1) is 11.5 Å². The van der Waals surface area contributed by atoms with E-state index in [9.17, 15) is 4.79 Å². The molecule has 0 saturated heterocycles. The number of aromatic nitrogens is 1. The molecule has 4 nitrogen and oxygen atoms in total. The minimum atomic E-state index is -1.02. The maximum atomic E-state index is 11.2. The average Bonchev–Trinajstić information content (AvgIpc) is 2.72. The summed E-state index contributed by atoms with van der Waals surface area (Å²) in [6.45, 7) is 2.41. The molecule has 0 fully saturated rings. The first-order valence-corrected chi connectivity index (χ1v) is 6.54. The highest BCUT2D eigenvalue weighted by Gasteiger charge is 2.18. The van der Waals surface area contributed by atoms with Gasteiger partial charge in [0.2, 0.25) is 0 Å². The van der Waals surface area contributed by atoms with Crippen molar-refractivity contribution >= 4 is 29.5 Å². The lowest BCUT2D eigenvalue weighted by Gasteiger charge is -2.08. The first kappa shape index (κ1) is 12.8. The van der Waals surface area contributed by atoms with E-state index in [4.69, 9.17) is 22.1 Å². The second-order valence-corrected chi connectivity index (χ2v) is 5.14. The Morgan fingerprint density at radius 3 is 2.89 bits per heavy atom. The SMILES string of the molecule is CCOc1ccccc1-c1sc(=S)[nH]c1C(=O)O. The number of aromatic amines is 1. The summed E-state index contributed by atoms with van der Waals surface area (Å²) in [5.74, 6) is -0.364. The molecule has 94 valence electrons. The maximum absolute atomic E-state index is 11.2. The van der Waals surface area contributed by atoms with Crippen molar-refractivity contribution in [1.29, 1.82) is 0 Å². The number of carbonyl (C=O) groups is 1. The van der Waals surface area contributed by atoms with Gasteiger partial charge in [-0.3, -0.25) is 0 Å². The van der Waals surface area contributed by atoms with Gasteiger partial charge in [0.25, 0.3) is 0 Å². The van der Waals surface area contributed by atoms with E-state index in [1.54, 1.807) is 0 Å². The molecule has 2 rings (SSSR count). The lowest BCUT2D eigenvalue weighted by Crippen LogP contribution is -2.00. The van der Waals surface area contributed by atoms with Crippen LogP contribution in [0.4, 0.5) is 0 Å². The summed E-state index contributed by atoms with van der Waals surface area (Å²) in [6, 6.07) is 7.33. The quantitative estimate of drug-likeness (QED) is 0.841. The predicted molar refractivity (Wildman–Crippen MR) is 73.1 cm³/mol. The van der Waals surface area contributed by atoms with Crippen molar-refractivity contribution in [2.24, 2.45) is 0 Å². The fourth-order valence-corrected chi connectivity index (χ4v) is 2.81. The Morgan fingerprint density at radius 1 is 1.50 bits per heavy atom. The Labute approximate surface area is 113 Å². The molecular weight excluding hydrogens is 270 g/mol. The van der Waals surface area contributed by atoms with Gasteiger partial charge in [0.1, 0.15) is 11.4 Å². The lowest BCUT2D eigenvalue weighted by atomic mass is 10.1. The average molecular weight is 281 g/mol. The highest BCUT2D eigenvalue weighted by Crippen LogP contribution is 2.35. The number of H-pyrrole nitrogens is 1. The van der Waals surface area contributed by atoms with Gasteiger partial charge in [0.15, 0.2) is 3.95 Å². The molecule has 1 heterocycles. The molecule has 2 aromatic rings. The van der Waals surface area contributed by atoms with Crippen molar-refractivity contribution in [3.63, 3.8) is 0 Å². The van der Waals surface area contributed by atoms with Crippen LogP contribution in [0.25, 0.3) is 10.4 Å². The fourth-order valence-electron chi connectivity index (χ4n) is 1.60. The normalized spacial score (nSPS) is 10.3. The van der Waals surface area contributed by atoms with Crippen LogP contribution in [0.15, 0.2) is 24.3 Å². The molecule has 0 aliphatic rings.